The van der Waals surface area contributed by atoms with Crippen LogP contribution in [0.3, 0.4) is 0 Å². The van der Waals surface area contributed by atoms with Gasteiger partial charge in [-0.15, -0.1) is 0 Å². The van der Waals surface area contributed by atoms with E-state index in [4.69, 9.17) is 5.84 Å². The van der Waals surface area contributed by atoms with Crippen LogP contribution in [0.2, 0.25) is 0 Å². The van der Waals surface area contributed by atoms with Crippen LogP contribution >= 0.6 is 0 Å². The van der Waals surface area contributed by atoms with Crippen molar-refractivity contribution in [3.63, 3.8) is 0 Å². The lowest BCUT2D eigenvalue weighted by Gasteiger charge is -2.08. The van der Waals surface area contributed by atoms with Crippen LogP contribution in [0.5, 0.6) is 0 Å². The Labute approximate surface area is 71.5 Å². The van der Waals surface area contributed by atoms with Gasteiger partial charge in [-0.25, -0.2) is 4.98 Å². The fraction of sp³-hybridized carbons (Fsp3) is 0.125. The number of hydrogen-bond donors (Lipinski definition) is 3. The third-order valence-electron chi connectivity index (χ3n) is 1.54. The minimum atomic E-state index is 0.646. The van der Waals surface area contributed by atoms with E-state index in [9.17, 15) is 0 Å². The summed E-state index contributed by atoms with van der Waals surface area (Å²) in [6.45, 7) is 3.74. The van der Waals surface area contributed by atoms with Crippen LogP contribution in [0.4, 0.5) is 5.82 Å². The second-order valence-corrected chi connectivity index (χ2v) is 2.27. The molecule has 64 valence electrons. The molecule has 1 rings (SSSR count). The quantitative estimate of drug-likeness (QED) is 0.451. The van der Waals surface area contributed by atoms with Gasteiger partial charge in [0.2, 0.25) is 0 Å². The molecule has 0 saturated carbocycles. The van der Waals surface area contributed by atoms with Crippen LogP contribution in [-0.4, -0.2) is 12.0 Å². The van der Waals surface area contributed by atoms with Gasteiger partial charge in [0.05, 0.1) is 5.70 Å². The van der Waals surface area contributed by atoms with Crippen molar-refractivity contribution in [1.82, 2.24) is 10.4 Å². The summed E-state index contributed by atoms with van der Waals surface area (Å²) in [5, 5.41) is 2.94. The molecule has 12 heavy (non-hydrogen) atoms. The van der Waals surface area contributed by atoms with Crippen molar-refractivity contribution in [2.75, 3.05) is 12.4 Å². The molecule has 0 aliphatic rings. The Morgan fingerprint density at radius 2 is 2.42 bits per heavy atom. The third kappa shape index (κ3) is 1.54. The molecule has 0 fully saturated rings. The highest BCUT2D eigenvalue weighted by molar-refractivity contribution is 5.70. The topological polar surface area (TPSA) is 63.0 Å². The first-order chi connectivity index (χ1) is 5.79. The monoisotopic (exact) mass is 164 g/mol. The summed E-state index contributed by atoms with van der Waals surface area (Å²) in [6.07, 6.45) is 1.71. The predicted octanol–water partition coefficient (Wildman–Crippen LogP) is 0.557. The molecule has 1 heterocycles. The number of pyridine rings is 1. The zero-order valence-corrected chi connectivity index (χ0v) is 6.96. The van der Waals surface area contributed by atoms with Crippen LogP contribution in [0.1, 0.15) is 5.56 Å². The number of nitrogens with zero attached hydrogens (tertiary/aromatic N) is 1. The van der Waals surface area contributed by atoms with Gasteiger partial charge in [0.15, 0.2) is 0 Å². The molecule has 1 aromatic rings. The second-order valence-electron chi connectivity index (χ2n) is 2.27. The summed E-state index contributed by atoms with van der Waals surface area (Å²) in [7, 11) is 1.80. The molecule has 0 aliphatic heterocycles. The molecule has 0 saturated heterocycles. The Bertz CT molecular complexity index is 282. The van der Waals surface area contributed by atoms with Crippen molar-refractivity contribution < 1.29 is 0 Å². The van der Waals surface area contributed by atoms with Gasteiger partial charge < -0.3 is 10.7 Å². The van der Waals surface area contributed by atoms with Crippen LogP contribution in [0.15, 0.2) is 24.9 Å². The molecule has 4 heteroatoms. The Morgan fingerprint density at radius 3 is 3.00 bits per heavy atom. The zero-order valence-electron chi connectivity index (χ0n) is 6.96. The molecule has 0 bridgehead atoms. The van der Waals surface area contributed by atoms with E-state index >= 15 is 0 Å². The highest BCUT2D eigenvalue weighted by Crippen LogP contribution is 2.16. The first-order valence-electron chi connectivity index (χ1n) is 3.58. The van der Waals surface area contributed by atoms with E-state index < -0.39 is 0 Å². The number of aromatic nitrogens is 1. The van der Waals surface area contributed by atoms with Gasteiger partial charge in [-0.1, -0.05) is 6.58 Å². The average molecular weight is 164 g/mol. The van der Waals surface area contributed by atoms with E-state index in [2.05, 4.69) is 22.3 Å². The maximum atomic E-state index is 5.22. The predicted molar refractivity (Wildman–Crippen MR) is 50.1 cm³/mol. The van der Waals surface area contributed by atoms with Gasteiger partial charge in [-0.2, -0.15) is 0 Å². The van der Waals surface area contributed by atoms with E-state index in [1.54, 1.807) is 13.2 Å². The summed E-state index contributed by atoms with van der Waals surface area (Å²) in [4.78, 5) is 4.10. The van der Waals surface area contributed by atoms with Gasteiger partial charge >= 0.3 is 0 Å². The summed E-state index contributed by atoms with van der Waals surface area (Å²) < 4.78 is 0. The molecule has 0 atom stereocenters. The molecule has 0 spiro atoms. The summed E-state index contributed by atoms with van der Waals surface area (Å²) in [6, 6.07) is 3.72. The highest BCUT2D eigenvalue weighted by Gasteiger charge is 2.02. The van der Waals surface area contributed by atoms with E-state index in [0.717, 1.165) is 11.4 Å². The standard InChI is InChI=1S/C8H12N4/c1-6(12-9)7-4-3-5-11-8(7)10-2/h3-5,12H,1,9H2,2H3,(H,10,11). The highest BCUT2D eigenvalue weighted by atomic mass is 15.2. The smallest absolute Gasteiger partial charge is 0.135 e. The van der Waals surface area contributed by atoms with Gasteiger partial charge in [0.1, 0.15) is 5.82 Å². The number of anilines is 1. The fourth-order valence-electron chi connectivity index (χ4n) is 0.926. The summed E-state index contributed by atoms with van der Waals surface area (Å²) in [5.74, 6) is 5.99. The Kier molecular flexibility index (Phi) is 2.66. The first kappa shape index (κ1) is 8.55. The molecule has 0 amide bonds. The van der Waals surface area contributed by atoms with Crippen molar-refractivity contribution in [3.05, 3.63) is 30.5 Å². The van der Waals surface area contributed by atoms with E-state index in [1.807, 2.05) is 12.1 Å². The Morgan fingerprint density at radius 1 is 1.67 bits per heavy atom. The molecular formula is C8H12N4. The van der Waals surface area contributed by atoms with Crippen molar-refractivity contribution >= 4 is 11.5 Å². The molecule has 0 radical (unpaired) electrons. The van der Waals surface area contributed by atoms with Crippen LogP contribution in [0, 0.1) is 0 Å². The van der Waals surface area contributed by atoms with Crippen molar-refractivity contribution in [3.8, 4) is 0 Å². The van der Waals surface area contributed by atoms with Gasteiger partial charge in [-0.3, -0.25) is 5.84 Å². The van der Waals surface area contributed by atoms with E-state index in [1.165, 1.54) is 0 Å². The van der Waals surface area contributed by atoms with Crippen molar-refractivity contribution in [2.45, 2.75) is 0 Å². The van der Waals surface area contributed by atoms with Crippen LogP contribution in [0.25, 0.3) is 5.70 Å². The van der Waals surface area contributed by atoms with Gasteiger partial charge in [0.25, 0.3) is 0 Å². The molecule has 1 aromatic heterocycles. The lowest BCUT2D eigenvalue weighted by atomic mass is 10.2. The molecule has 0 aliphatic carbocycles. The SMILES string of the molecule is C=C(NN)c1cccnc1NC. The number of nitrogens with two attached hydrogens (primary N) is 1. The number of nitrogens with one attached hydrogen (secondary N) is 2. The molecule has 0 unspecified atom stereocenters. The molecule has 0 aromatic carbocycles. The maximum Gasteiger partial charge on any atom is 0.135 e. The zero-order chi connectivity index (χ0) is 8.97. The normalized spacial score (nSPS) is 9.17. The van der Waals surface area contributed by atoms with E-state index in [-0.39, 0.29) is 0 Å². The molecule has 4 nitrogen and oxygen atoms in total. The van der Waals surface area contributed by atoms with Crippen LogP contribution in [-0.2, 0) is 0 Å². The largest absolute Gasteiger partial charge is 0.373 e. The lowest BCUT2D eigenvalue weighted by Crippen LogP contribution is -2.19. The minimum Gasteiger partial charge on any atom is -0.373 e. The molecule has 4 N–H and O–H groups in total. The van der Waals surface area contributed by atoms with E-state index in [0.29, 0.717) is 5.70 Å². The Hall–Kier alpha value is -1.55. The molecular weight excluding hydrogens is 152 g/mol. The van der Waals surface area contributed by atoms with Crippen molar-refractivity contribution in [1.29, 1.82) is 0 Å². The Balaban J connectivity index is 3.04. The number of hydrazine groups is 1. The maximum absolute atomic E-state index is 5.22. The minimum absolute atomic E-state index is 0.646. The fourth-order valence-corrected chi connectivity index (χ4v) is 0.926. The summed E-state index contributed by atoms with van der Waals surface area (Å²) in [5.41, 5.74) is 4.00. The first-order valence-corrected chi connectivity index (χ1v) is 3.58. The summed E-state index contributed by atoms with van der Waals surface area (Å²) >= 11 is 0. The lowest BCUT2D eigenvalue weighted by molar-refractivity contribution is 0.992. The average Bonchev–Trinajstić information content (AvgIpc) is 2.16. The number of hydrogen-bond acceptors (Lipinski definition) is 4. The second kappa shape index (κ2) is 3.73. The third-order valence-corrected chi connectivity index (χ3v) is 1.54. The van der Waals surface area contributed by atoms with Gasteiger partial charge in [0, 0.05) is 18.8 Å². The van der Waals surface area contributed by atoms with Crippen LogP contribution < -0.4 is 16.6 Å². The van der Waals surface area contributed by atoms with Crippen molar-refractivity contribution in [2.24, 2.45) is 5.84 Å². The van der Waals surface area contributed by atoms with Gasteiger partial charge in [-0.05, 0) is 12.1 Å². The number of rotatable bonds is 3.